The van der Waals surface area contributed by atoms with Crippen LogP contribution in [0, 0.1) is 0 Å². The van der Waals surface area contributed by atoms with Gasteiger partial charge in [-0.05, 0) is 17.9 Å². The Kier molecular flexibility index (Phi) is 3.16. The Morgan fingerprint density at radius 3 is 3.21 bits per heavy atom. The molecule has 14 heavy (non-hydrogen) atoms. The van der Waals surface area contributed by atoms with Crippen molar-refractivity contribution >= 4 is 17.2 Å². The zero-order valence-electron chi connectivity index (χ0n) is 8.03. The summed E-state index contributed by atoms with van der Waals surface area (Å²) < 4.78 is 0. The molecular weight excluding hydrogens is 196 g/mol. The second-order valence-corrected chi connectivity index (χ2v) is 4.42. The normalized spacial score (nSPS) is 17.4. The first-order chi connectivity index (χ1) is 6.86. The van der Waals surface area contributed by atoms with Crippen LogP contribution in [0.25, 0.3) is 0 Å². The summed E-state index contributed by atoms with van der Waals surface area (Å²) in [4.78, 5) is 14.7. The number of nitrogens with one attached hydrogen (secondary N) is 1. The van der Waals surface area contributed by atoms with Crippen molar-refractivity contribution in [1.82, 2.24) is 10.2 Å². The van der Waals surface area contributed by atoms with Crippen LogP contribution >= 0.6 is 11.3 Å². The Hall–Kier alpha value is -0.870. The first-order valence-corrected chi connectivity index (χ1v) is 5.75. The fourth-order valence-electron chi connectivity index (χ4n) is 1.58. The summed E-state index contributed by atoms with van der Waals surface area (Å²) in [6.07, 6.45) is 0.989. The number of hydrogen-bond donors (Lipinski definition) is 1. The summed E-state index contributed by atoms with van der Waals surface area (Å²) in [5, 5.41) is 5.15. The third-order valence-corrected chi connectivity index (χ3v) is 3.33. The predicted octanol–water partition coefficient (Wildman–Crippen LogP) is 0.722. The van der Waals surface area contributed by atoms with Crippen molar-refractivity contribution in [3.63, 3.8) is 0 Å². The summed E-state index contributed by atoms with van der Waals surface area (Å²) in [5.41, 5.74) is 0. The van der Waals surface area contributed by atoms with E-state index in [1.807, 2.05) is 4.90 Å². The molecule has 1 fully saturated rings. The minimum absolute atomic E-state index is 0.229. The molecular formula is C10H14N2OS. The van der Waals surface area contributed by atoms with E-state index >= 15 is 0 Å². The van der Waals surface area contributed by atoms with Gasteiger partial charge in [-0.2, -0.15) is 0 Å². The maximum atomic E-state index is 11.4. The average Bonchev–Trinajstić information content (AvgIpc) is 2.69. The maximum Gasteiger partial charge on any atom is 0.236 e. The molecule has 0 aliphatic carbocycles. The molecule has 0 saturated carbocycles. The molecule has 0 aromatic carbocycles. The Morgan fingerprint density at radius 1 is 1.57 bits per heavy atom. The van der Waals surface area contributed by atoms with Crippen molar-refractivity contribution in [3.05, 3.63) is 22.4 Å². The van der Waals surface area contributed by atoms with Gasteiger partial charge >= 0.3 is 0 Å². The molecule has 0 unspecified atom stereocenters. The van der Waals surface area contributed by atoms with Gasteiger partial charge in [0.15, 0.2) is 0 Å². The number of amides is 1. The van der Waals surface area contributed by atoms with E-state index in [0.29, 0.717) is 6.54 Å². The molecule has 0 atom stereocenters. The largest absolute Gasteiger partial charge is 0.340 e. The van der Waals surface area contributed by atoms with Crippen LogP contribution in [0.1, 0.15) is 4.88 Å². The first-order valence-electron chi connectivity index (χ1n) is 4.87. The van der Waals surface area contributed by atoms with Crippen molar-refractivity contribution in [2.75, 3.05) is 26.2 Å². The van der Waals surface area contributed by atoms with E-state index in [1.54, 1.807) is 11.3 Å². The highest BCUT2D eigenvalue weighted by Crippen LogP contribution is 2.10. The number of thiophene rings is 1. The molecule has 1 aromatic rings. The van der Waals surface area contributed by atoms with E-state index in [1.165, 1.54) is 4.88 Å². The smallest absolute Gasteiger partial charge is 0.236 e. The van der Waals surface area contributed by atoms with E-state index in [-0.39, 0.29) is 5.91 Å². The van der Waals surface area contributed by atoms with Gasteiger partial charge in [-0.15, -0.1) is 11.3 Å². The van der Waals surface area contributed by atoms with E-state index < -0.39 is 0 Å². The molecule has 76 valence electrons. The topological polar surface area (TPSA) is 32.3 Å². The minimum atomic E-state index is 0.229. The van der Waals surface area contributed by atoms with Crippen LogP contribution in [0.15, 0.2) is 17.5 Å². The average molecular weight is 210 g/mol. The molecule has 1 aliphatic rings. The van der Waals surface area contributed by atoms with Gasteiger partial charge in [-0.1, -0.05) is 6.07 Å². The molecule has 0 spiro atoms. The van der Waals surface area contributed by atoms with Gasteiger partial charge in [-0.25, -0.2) is 0 Å². The fourth-order valence-corrected chi connectivity index (χ4v) is 2.28. The number of nitrogens with zero attached hydrogens (tertiary/aromatic N) is 1. The quantitative estimate of drug-likeness (QED) is 0.797. The fraction of sp³-hybridized carbons (Fsp3) is 0.500. The molecule has 2 heterocycles. The lowest BCUT2D eigenvalue weighted by atomic mass is 10.3. The molecule has 2 rings (SSSR count). The third-order valence-electron chi connectivity index (χ3n) is 2.40. The highest BCUT2D eigenvalue weighted by atomic mass is 32.1. The first kappa shape index (κ1) is 9.68. The molecule has 1 aliphatic heterocycles. The third kappa shape index (κ3) is 2.33. The van der Waals surface area contributed by atoms with Gasteiger partial charge in [0.1, 0.15) is 0 Å². The van der Waals surface area contributed by atoms with Crippen LogP contribution in [0.5, 0.6) is 0 Å². The molecule has 3 nitrogen and oxygen atoms in total. The van der Waals surface area contributed by atoms with Crippen LogP contribution in [0.2, 0.25) is 0 Å². The van der Waals surface area contributed by atoms with Gasteiger partial charge in [0.2, 0.25) is 5.91 Å². The molecule has 1 N–H and O–H groups in total. The summed E-state index contributed by atoms with van der Waals surface area (Å²) in [5.74, 6) is 0.229. The van der Waals surface area contributed by atoms with Gasteiger partial charge in [-0.3, -0.25) is 4.79 Å². The highest BCUT2D eigenvalue weighted by molar-refractivity contribution is 7.09. The molecule has 4 heteroatoms. The van der Waals surface area contributed by atoms with Gasteiger partial charge in [0.05, 0.1) is 6.54 Å². The zero-order valence-corrected chi connectivity index (χ0v) is 8.85. The molecule has 1 amide bonds. The van der Waals surface area contributed by atoms with E-state index in [9.17, 15) is 4.79 Å². The van der Waals surface area contributed by atoms with Crippen molar-refractivity contribution in [2.24, 2.45) is 0 Å². The van der Waals surface area contributed by atoms with Gasteiger partial charge in [0, 0.05) is 24.5 Å². The van der Waals surface area contributed by atoms with E-state index in [4.69, 9.17) is 0 Å². The Bertz CT molecular complexity index is 297. The number of carbonyl (C=O) groups is 1. The number of hydrogen-bond acceptors (Lipinski definition) is 3. The SMILES string of the molecule is O=C1CNCCN1CCc1cccs1. The Labute approximate surface area is 87.7 Å². The Balaban J connectivity index is 1.82. The van der Waals surface area contributed by atoms with Crippen molar-refractivity contribution in [2.45, 2.75) is 6.42 Å². The summed E-state index contributed by atoms with van der Waals surface area (Å²) >= 11 is 1.76. The van der Waals surface area contributed by atoms with Crippen LogP contribution in [0.4, 0.5) is 0 Å². The van der Waals surface area contributed by atoms with E-state index in [2.05, 4.69) is 22.8 Å². The molecule has 1 aromatic heterocycles. The predicted molar refractivity (Wildman–Crippen MR) is 57.5 cm³/mol. The highest BCUT2D eigenvalue weighted by Gasteiger charge is 2.16. The van der Waals surface area contributed by atoms with Gasteiger partial charge < -0.3 is 10.2 Å². The number of rotatable bonds is 3. The van der Waals surface area contributed by atoms with E-state index in [0.717, 1.165) is 26.1 Å². The summed E-state index contributed by atoms with van der Waals surface area (Å²) in [6, 6.07) is 4.18. The standard InChI is InChI=1S/C10H14N2OS/c13-10-8-11-4-6-12(10)5-3-9-2-1-7-14-9/h1-2,7,11H,3-6,8H2. The number of carbonyl (C=O) groups excluding carboxylic acids is 1. The lowest BCUT2D eigenvalue weighted by Crippen LogP contribution is -2.48. The second-order valence-electron chi connectivity index (χ2n) is 3.39. The lowest BCUT2D eigenvalue weighted by Gasteiger charge is -2.27. The van der Waals surface area contributed by atoms with Crippen LogP contribution in [0.3, 0.4) is 0 Å². The second kappa shape index (κ2) is 4.57. The van der Waals surface area contributed by atoms with Crippen LogP contribution in [-0.2, 0) is 11.2 Å². The lowest BCUT2D eigenvalue weighted by molar-refractivity contribution is -0.131. The maximum absolute atomic E-state index is 11.4. The minimum Gasteiger partial charge on any atom is -0.340 e. The molecule has 0 bridgehead atoms. The molecule has 1 saturated heterocycles. The van der Waals surface area contributed by atoms with Crippen LogP contribution < -0.4 is 5.32 Å². The summed E-state index contributed by atoms with van der Waals surface area (Å²) in [7, 11) is 0. The molecule has 0 radical (unpaired) electrons. The summed E-state index contributed by atoms with van der Waals surface area (Å²) in [6.45, 7) is 3.14. The monoisotopic (exact) mass is 210 g/mol. The van der Waals surface area contributed by atoms with Crippen molar-refractivity contribution in [1.29, 1.82) is 0 Å². The van der Waals surface area contributed by atoms with Crippen molar-refractivity contribution < 1.29 is 4.79 Å². The zero-order chi connectivity index (χ0) is 9.80. The van der Waals surface area contributed by atoms with Crippen LogP contribution in [-0.4, -0.2) is 37.0 Å². The Morgan fingerprint density at radius 2 is 2.50 bits per heavy atom. The van der Waals surface area contributed by atoms with Gasteiger partial charge in [0.25, 0.3) is 0 Å². The van der Waals surface area contributed by atoms with Crippen molar-refractivity contribution in [3.8, 4) is 0 Å². The number of piperazine rings is 1.